The van der Waals surface area contributed by atoms with E-state index in [-0.39, 0.29) is 5.63 Å². The van der Waals surface area contributed by atoms with E-state index in [9.17, 15) is 4.79 Å². The van der Waals surface area contributed by atoms with Gasteiger partial charge in [-0.3, -0.25) is 0 Å². The van der Waals surface area contributed by atoms with Crippen molar-refractivity contribution in [1.82, 2.24) is 0 Å². The molecule has 146 valence electrons. The van der Waals surface area contributed by atoms with Gasteiger partial charge in [0, 0.05) is 17.0 Å². The second-order valence-corrected chi connectivity index (χ2v) is 7.61. The SMILES string of the molecule is COc1ccccc1N1CC[NH+](Cc2cc(=O)oc3cc(C)c(C)cc23)CC1. The number of aryl methyl sites for hydroxylation is 2. The molecule has 5 nitrogen and oxygen atoms in total. The quantitative estimate of drug-likeness (QED) is 0.707. The molecular weight excluding hydrogens is 352 g/mol. The molecule has 0 unspecified atom stereocenters. The van der Waals surface area contributed by atoms with E-state index < -0.39 is 0 Å². The molecular formula is C23H27N2O3+. The highest BCUT2D eigenvalue weighted by Gasteiger charge is 2.23. The molecule has 1 N–H and O–H groups in total. The summed E-state index contributed by atoms with van der Waals surface area (Å²) in [5.41, 5.74) is 5.02. The van der Waals surface area contributed by atoms with Gasteiger partial charge in [-0.05, 0) is 49.2 Å². The molecule has 2 heterocycles. The highest BCUT2D eigenvalue weighted by molar-refractivity contribution is 5.81. The van der Waals surface area contributed by atoms with Crippen molar-refractivity contribution in [2.24, 2.45) is 0 Å². The van der Waals surface area contributed by atoms with E-state index in [0.29, 0.717) is 5.58 Å². The molecule has 1 aliphatic heterocycles. The molecule has 1 saturated heterocycles. The molecule has 0 radical (unpaired) electrons. The summed E-state index contributed by atoms with van der Waals surface area (Å²) in [5.74, 6) is 0.920. The number of methoxy groups -OCH3 is 1. The van der Waals surface area contributed by atoms with Gasteiger partial charge in [0.1, 0.15) is 17.9 Å². The third-order valence-corrected chi connectivity index (χ3v) is 5.78. The molecule has 0 atom stereocenters. The lowest BCUT2D eigenvalue weighted by Crippen LogP contribution is -3.13. The van der Waals surface area contributed by atoms with Crippen molar-refractivity contribution < 1.29 is 14.1 Å². The minimum absolute atomic E-state index is 0.266. The van der Waals surface area contributed by atoms with Gasteiger partial charge in [-0.1, -0.05) is 12.1 Å². The van der Waals surface area contributed by atoms with E-state index in [4.69, 9.17) is 9.15 Å². The summed E-state index contributed by atoms with van der Waals surface area (Å²) in [6.45, 7) is 8.95. The molecule has 0 spiro atoms. The molecule has 3 aromatic rings. The number of rotatable bonds is 4. The first-order valence-electron chi connectivity index (χ1n) is 9.80. The van der Waals surface area contributed by atoms with Crippen LogP contribution in [0.1, 0.15) is 16.7 Å². The molecule has 5 heteroatoms. The van der Waals surface area contributed by atoms with Gasteiger partial charge in [-0.2, -0.15) is 0 Å². The van der Waals surface area contributed by atoms with Crippen molar-refractivity contribution in [2.75, 3.05) is 38.2 Å². The van der Waals surface area contributed by atoms with E-state index in [1.165, 1.54) is 10.5 Å². The summed E-state index contributed by atoms with van der Waals surface area (Å²) in [6, 6.07) is 14.0. The van der Waals surface area contributed by atoms with Gasteiger partial charge in [0.25, 0.3) is 0 Å². The predicted molar refractivity (Wildman–Crippen MR) is 112 cm³/mol. The first-order chi connectivity index (χ1) is 13.5. The van der Waals surface area contributed by atoms with E-state index >= 15 is 0 Å². The van der Waals surface area contributed by atoms with Gasteiger partial charge in [-0.25, -0.2) is 4.79 Å². The van der Waals surface area contributed by atoms with Crippen LogP contribution >= 0.6 is 0 Å². The van der Waals surface area contributed by atoms with E-state index in [0.717, 1.165) is 60.7 Å². The standard InChI is InChI=1S/C23H26N2O3/c1-16-12-19-18(14-23(26)28-22(19)13-17(16)2)15-24-8-10-25(11-9-24)20-6-4-5-7-21(20)27-3/h4-7,12-14H,8-11,15H2,1-3H3/p+1. The topological polar surface area (TPSA) is 47.1 Å². The summed E-state index contributed by atoms with van der Waals surface area (Å²) in [5, 5.41) is 1.06. The van der Waals surface area contributed by atoms with E-state index in [1.807, 2.05) is 25.1 Å². The number of fused-ring (bicyclic) bond motifs is 1. The maximum Gasteiger partial charge on any atom is 0.336 e. The van der Waals surface area contributed by atoms with Crippen LogP contribution in [0.15, 0.2) is 51.7 Å². The van der Waals surface area contributed by atoms with E-state index in [2.05, 4.69) is 30.0 Å². The number of hydrogen-bond acceptors (Lipinski definition) is 4. The molecule has 4 rings (SSSR count). The number of ether oxygens (including phenoxy) is 1. The fourth-order valence-electron chi connectivity index (χ4n) is 4.03. The first-order valence-corrected chi connectivity index (χ1v) is 9.80. The number of benzene rings is 2. The number of piperazine rings is 1. The van der Waals surface area contributed by atoms with Crippen molar-refractivity contribution in [2.45, 2.75) is 20.4 Å². The fourth-order valence-corrected chi connectivity index (χ4v) is 4.03. The highest BCUT2D eigenvalue weighted by Crippen LogP contribution is 2.27. The van der Waals surface area contributed by atoms with Crippen molar-refractivity contribution in [3.8, 4) is 5.75 Å². The Labute approximate surface area is 165 Å². The third kappa shape index (κ3) is 3.62. The number of nitrogens with one attached hydrogen (secondary N) is 1. The van der Waals surface area contributed by atoms with Crippen LogP contribution < -0.4 is 20.2 Å². The Morgan fingerprint density at radius 2 is 1.79 bits per heavy atom. The van der Waals surface area contributed by atoms with Gasteiger partial charge in [0.2, 0.25) is 0 Å². The molecule has 1 aliphatic rings. The number of anilines is 1. The number of hydrogen-bond donors (Lipinski definition) is 1. The van der Waals surface area contributed by atoms with Gasteiger partial charge in [-0.15, -0.1) is 0 Å². The smallest absolute Gasteiger partial charge is 0.336 e. The molecule has 0 aliphatic carbocycles. The van der Waals surface area contributed by atoms with Crippen LogP contribution in [0, 0.1) is 13.8 Å². The minimum atomic E-state index is -0.266. The zero-order valence-corrected chi connectivity index (χ0v) is 16.7. The Morgan fingerprint density at radius 1 is 1.07 bits per heavy atom. The van der Waals surface area contributed by atoms with Crippen LogP contribution in [0.4, 0.5) is 5.69 Å². The van der Waals surface area contributed by atoms with Gasteiger partial charge < -0.3 is 19.0 Å². The zero-order valence-electron chi connectivity index (χ0n) is 16.7. The van der Waals surface area contributed by atoms with E-state index in [1.54, 1.807) is 13.2 Å². The lowest BCUT2D eigenvalue weighted by molar-refractivity contribution is -0.914. The number of quaternary nitrogens is 1. The van der Waals surface area contributed by atoms with Crippen molar-refractivity contribution in [3.05, 3.63) is 69.6 Å². The average Bonchev–Trinajstić information content (AvgIpc) is 2.70. The Balaban J connectivity index is 1.52. The molecule has 28 heavy (non-hydrogen) atoms. The Hall–Kier alpha value is -2.79. The number of nitrogens with zero attached hydrogens (tertiary/aromatic N) is 1. The summed E-state index contributed by atoms with van der Waals surface area (Å²) in [7, 11) is 1.72. The van der Waals surface area contributed by atoms with Crippen molar-refractivity contribution in [1.29, 1.82) is 0 Å². The van der Waals surface area contributed by atoms with Crippen LogP contribution in [0.25, 0.3) is 11.0 Å². The second-order valence-electron chi connectivity index (χ2n) is 7.61. The van der Waals surface area contributed by atoms with Crippen LogP contribution in [0.3, 0.4) is 0 Å². The second kappa shape index (κ2) is 7.68. The molecule has 1 fully saturated rings. The molecule has 0 saturated carbocycles. The van der Waals surface area contributed by atoms with Crippen LogP contribution in [-0.2, 0) is 6.54 Å². The monoisotopic (exact) mass is 379 g/mol. The summed E-state index contributed by atoms with van der Waals surface area (Å²) < 4.78 is 11.0. The molecule has 2 aromatic carbocycles. The predicted octanol–water partition coefficient (Wildman–Crippen LogP) is 2.32. The van der Waals surface area contributed by atoms with Gasteiger partial charge in [0.05, 0.1) is 39.0 Å². The minimum Gasteiger partial charge on any atom is -0.495 e. The van der Waals surface area contributed by atoms with Crippen molar-refractivity contribution in [3.63, 3.8) is 0 Å². The largest absolute Gasteiger partial charge is 0.495 e. The lowest BCUT2D eigenvalue weighted by Gasteiger charge is -2.34. The third-order valence-electron chi connectivity index (χ3n) is 5.78. The summed E-state index contributed by atoms with van der Waals surface area (Å²) in [4.78, 5) is 15.9. The highest BCUT2D eigenvalue weighted by atomic mass is 16.5. The van der Waals surface area contributed by atoms with Crippen LogP contribution in [-0.4, -0.2) is 33.3 Å². The van der Waals surface area contributed by atoms with Gasteiger partial charge >= 0.3 is 5.63 Å². The average molecular weight is 379 g/mol. The van der Waals surface area contributed by atoms with Gasteiger partial charge in [0.15, 0.2) is 0 Å². The maximum absolute atomic E-state index is 12.1. The Bertz CT molecular complexity index is 1050. The number of para-hydroxylation sites is 2. The first kappa shape index (κ1) is 18.6. The lowest BCUT2D eigenvalue weighted by atomic mass is 10.0. The molecule has 0 bridgehead atoms. The maximum atomic E-state index is 12.1. The Kier molecular flexibility index (Phi) is 5.09. The van der Waals surface area contributed by atoms with Crippen LogP contribution in [0.5, 0.6) is 5.75 Å². The molecule has 1 aromatic heterocycles. The van der Waals surface area contributed by atoms with Crippen molar-refractivity contribution >= 4 is 16.7 Å². The Morgan fingerprint density at radius 3 is 2.54 bits per heavy atom. The molecule has 0 amide bonds. The summed E-state index contributed by atoms with van der Waals surface area (Å²) in [6.07, 6.45) is 0. The normalized spacial score (nSPS) is 15.2. The zero-order chi connectivity index (χ0) is 19.7. The summed E-state index contributed by atoms with van der Waals surface area (Å²) >= 11 is 0. The fraction of sp³-hybridized carbons (Fsp3) is 0.348. The van der Waals surface area contributed by atoms with Crippen LogP contribution in [0.2, 0.25) is 0 Å².